The molecule has 1 saturated heterocycles. The number of thiazole rings is 1. The molecule has 3 rings (SSSR count). The average Bonchev–Trinajstić information content (AvgIpc) is 3.31. The zero-order valence-corrected chi connectivity index (χ0v) is 18.3. The van der Waals surface area contributed by atoms with E-state index in [4.69, 9.17) is 4.74 Å². The number of fused-ring (bicyclic) bond motifs is 1. The van der Waals surface area contributed by atoms with Gasteiger partial charge in [-0.3, -0.25) is 14.4 Å². The maximum Gasteiger partial charge on any atom is 0.326 e. The zero-order valence-electron chi connectivity index (χ0n) is 16.7. The molecule has 29 heavy (non-hydrogen) atoms. The van der Waals surface area contributed by atoms with Crippen LogP contribution in [0.5, 0.6) is 0 Å². The first kappa shape index (κ1) is 21.6. The summed E-state index contributed by atoms with van der Waals surface area (Å²) in [5, 5.41) is 0. The van der Waals surface area contributed by atoms with Crippen molar-refractivity contribution in [3.63, 3.8) is 0 Å². The van der Waals surface area contributed by atoms with E-state index in [-0.39, 0.29) is 35.8 Å². The summed E-state index contributed by atoms with van der Waals surface area (Å²) in [4.78, 5) is 43.0. The molecule has 0 N–H and O–H groups in total. The van der Waals surface area contributed by atoms with Gasteiger partial charge in [-0.15, -0.1) is 11.8 Å². The smallest absolute Gasteiger partial charge is 0.326 e. The predicted molar refractivity (Wildman–Crippen MR) is 115 cm³/mol. The van der Waals surface area contributed by atoms with Crippen molar-refractivity contribution < 1.29 is 19.1 Å². The molecule has 1 aliphatic heterocycles. The van der Waals surface area contributed by atoms with E-state index >= 15 is 0 Å². The van der Waals surface area contributed by atoms with Gasteiger partial charge in [-0.2, -0.15) is 4.99 Å². The molecule has 0 radical (unpaired) electrons. The van der Waals surface area contributed by atoms with Crippen molar-refractivity contribution in [2.75, 3.05) is 31.2 Å². The number of benzene rings is 1. The topological polar surface area (TPSA) is 81.0 Å². The molecule has 1 aliphatic rings. The Bertz CT molecular complexity index is 974. The number of ether oxygens (including phenoxy) is 1. The van der Waals surface area contributed by atoms with Crippen molar-refractivity contribution in [1.82, 2.24) is 9.47 Å². The maximum absolute atomic E-state index is 12.4. The van der Waals surface area contributed by atoms with E-state index in [1.165, 1.54) is 23.1 Å². The molecule has 0 bridgehead atoms. The number of hydrogen-bond acceptors (Lipinski definition) is 6. The number of carbonyl (C=O) groups is 3. The Morgan fingerprint density at radius 1 is 1.21 bits per heavy atom. The second-order valence-electron chi connectivity index (χ2n) is 6.83. The molecular formula is C20H25N3O4S2. The first-order valence-corrected chi connectivity index (χ1v) is 11.6. The number of amides is 2. The lowest BCUT2D eigenvalue weighted by molar-refractivity contribution is -0.143. The van der Waals surface area contributed by atoms with Gasteiger partial charge in [0, 0.05) is 13.1 Å². The van der Waals surface area contributed by atoms with E-state index in [2.05, 4.69) is 4.99 Å². The van der Waals surface area contributed by atoms with Gasteiger partial charge in [-0.05, 0) is 44.4 Å². The van der Waals surface area contributed by atoms with Crippen LogP contribution in [0.3, 0.4) is 0 Å². The molecule has 1 fully saturated rings. The number of aryl methyl sites for hydroxylation is 1. The van der Waals surface area contributed by atoms with E-state index in [0.29, 0.717) is 11.4 Å². The minimum absolute atomic E-state index is 0.00357. The molecule has 0 spiro atoms. The largest absolute Gasteiger partial charge is 0.465 e. The lowest BCUT2D eigenvalue weighted by Gasteiger charge is -2.14. The Kier molecular flexibility index (Phi) is 7.49. The minimum atomic E-state index is -0.368. The third kappa shape index (κ3) is 5.70. The fourth-order valence-electron chi connectivity index (χ4n) is 3.18. The predicted octanol–water partition coefficient (Wildman–Crippen LogP) is 2.36. The molecule has 0 aliphatic carbocycles. The maximum atomic E-state index is 12.4. The first-order chi connectivity index (χ1) is 14.0. The highest BCUT2D eigenvalue weighted by Gasteiger charge is 2.18. The number of nitrogens with zero attached hydrogens (tertiary/aromatic N) is 3. The first-order valence-electron chi connectivity index (χ1n) is 9.66. The van der Waals surface area contributed by atoms with Crippen LogP contribution in [0.15, 0.2) is 23.2 Å². The second-order valence-corrected chi connectivity index (χ2v) is 8.83. The van der Waals surface area contributed by atoms with E-state index in [9.17, 15) is 14.4 Å². The quantitative estimate of drug-likeness (QED) is 0.624. The van der Waals surface area contributed by atoms with Gasteiger partial charge in [-0.1, -0.05) is 17.4 Å². The summed E-state index contributed by atoms with van der Waals surface area (Å²) >= 11 is 2.65. The SMILES string of the molecule is CCOC(=O)Cn1c(=NC(=O)CSCC(=O)N2CCCC2)sc2cc(C)ccc21. The number of carbonyl (C=O) groups excluding carboxylic acids is 3. The van der Waals surface area contributed by atoms with E-state index in [1.807, 2.05) is 30.0 Å². The summed E-state index contributed by atoms with van der Waals surface area (Å²) in [7, 11) is 0. The normalized spacial score (nSPS) is 14.6. The number of aromatic nitrogens is 1. The molecule has 0 atom stereocenters. The van der Waals surface area contributed by atoms with Gasteiger partial charge >= 0.3 is 5.97 Å². The highest BCUT2D eigenvalue weighted by molar-refractivity contribution is 8.00. The highest BCUT2D eigenvalue weighted by atomic mass is 32.2. The Morgan fingerprint density at radius 3 is 2.69 bits per heavy atom. The molecule has 2 aromatic rings. The third-order valence-electron chi connectivity index (χ3n) is 4.56. The van der Waals surface area contributed by atoms with Crippen LogP contribution in [0.1, 0.15) is 25.3 Å². The van der Waals surface area contributed by atoms with Crippen molar-refractivity contribution in [2.24, 2.45) is 4.99 Å². The average molecular weight is 436 g/mol. The van der Waals surface area contributed by atoms with Crippen molar-refractivity contribution in [3.8, 4) is 0 Å². The molecule has 1 aromatic carbocycles. The monoisotopic (exact) mass is 435 g/mol. The van der Waals surface area contributed by atoms with Crippen LogP contribution in [0.4, 0.5) is 0 Å². The lowest BCUT2D eigenvalue weighted by atomic mass is 10.2. The van der Waals surface area contributed by atoms with Gasteiger partial charge in [0.15, 0.2) is 4.80 Å². The van der Waals surface area contributed by atoms with Gasteiger partial charge < -0.3 is 14.2 Å². The van der Waals surface area contributed by atoms with Crippen molar-refractivity contribution >= 4 is 51.1 Å². The van der Waals surface area contributed by atoms with E-state index in [1.54, 1.807) is 11.5 Å². The Labute approximate surface area is 177 Å². The number of thioether (sulfide) groups is 1. The van der Waals surface area contributed by atoms with E-state index in [0.717, 1.165) is 41.7 Å². The van der Waals surface area contributed by atoms with Crippen LogP contribution < -0.4 is 4.80 Å². The van der Waals surface area contributed by atoms with Crippen LogP contribution in [0.25, 0.3) is 10.2 Å². The number of hydrogen-bond donors (Lipinski definition) is 0. The van der Waals surface area contributed by atoms with Gasteiger partial charge in [-0.25, -0.2) is 0 Å². The second kappa shape index (κ2) is 10.1. The molecule has 2 amide bonds. The van der Waals surface area contributed by atoms with E-state index < -0.39 is 0 Å². The highest BCUT2D eigenvalue weighted by Crippen LogP contribution is 2.19. The Balaban J connectivity index is 1.73. The summed E-state index contributed by atoms with van der Waals surface area (Å²) in [6, 6.07) is 5.89. The van der Waals surface area contributed by atoms with Gasteiger partial charge in [0.1, 0.15) is 6.54 Å². The van der Waals surface area contributed by atoms with Crippen LogP contribution in [0, 0.1) is 6.92 Å². The van der Waals surface area contributed by atoms with Crippen molar-refractivity contribution in [2.45, 2.75) is 33.2 Å². The molecular weight excluding hydrogens is 410 g/mol. The van der Waals surface area contributed by atoms with Gasteiger partial charge in [0.05, 0.1) is 28.3 Å². The minimum Gasteiger partial charge on any atom is -0.465 e. The van der Waals surface area contributed by atoms with Crippen LogP contribution in [0.2, 0.25) is 0 Å². The fourth-order valence-corrected chi connectivity index (χ4v) is 5.02. The summed E-state index contributed by atoms with van der Waals surface area (Å²) in [5.74, 6) is -0.186. The number of likely N-dealkylation sites (tertiary alicyclic amines) is 1. The zero-order chi connectivity index (χ0) is 20.8. The van der Waals surface area contributed by atoms with Crippen LogP contribution >= 0.6 is 23.1 Å². The summed E-state index contributed by atoms with van der Waals surface area (Å²) in [6.45, 7) is 5.68. The molecule has 0 unspecified atom stereocenters. The molecule has 2 heterocycles. The Morgan fingerprint density at radius 2 is 1.97 bits per heavy atom. The molecule has 9 heteroatoms. The Hall–Kier alpha value is -2.13. The van der Waals surface area contributed by atoms with Gasteiger partial charge in [0.25, 0.3) is 5.91 Å². The van der Waals surface area contributed by atoms with Gasteiger partial charge in [0.2, 0.25) is 5.91 Å². The number of esters is 1. The molecule has 156 valence electrons. The standard InChI is InChI=1S/C20H25N3O4S2/c1-3-27-19(26)11-23-15-7-6-14(2)10-16(15)29-20(23)21-17(24)12-28-13-18(25)22-8-4-5-9-22/h6-7,10H,3-5,8-9,11-13H2,1-2H3. The molecule has 1 aromatic heterocycles. The summed E-state index contributed by atoms with van der Waals surface area (Å²) < 4.78 is 7.73. The van der Waals surface area contributed by atoms with Crippen LogP contribution in [-0.2, 0) is 25.7 Å². The summed E-state index contributed by atoms with van der Waals surface area (Å²) in [6.07, 6.45) is 2.10. The lowest BCUT2D eigenvalue weighted by Crippen LogP contribution is -2.29. The van der Waals surface area contributed by atoms with Crippen LogP contribution in [-0.4, -0.2) is 58.5 Å². The fraction of sp³-hybridized carbons (Fsp3) is 0.500. The number of rotatable bonds is 7. The molecule has 7 nitrogen and oxygen atoms in total. The van der Waals surface area contributed by atoms with Crippen molar-refractivity contribution in [1.29, 1.82) is 0 Å². The van der Waals surface area contributed by atoms with Crippen molar-refractivity contribution in [3.05, 3.63) is 28.6 Å². The third-order valence-corrected chi connectivity index (χ3v) is 6.50. The molecule has 0 saturated carbocycles. The summed E-state index contributed by atoms with van der Waals surface area (Å²) in [5.41, 5.74) is 1.94.